The number of hydrogen-bond acceptors (Lipinski definition) is 3. The van der Waals surface area contributed by atoms with Crippen molar-refractivity contribution >= 4 is 5.91 Å². The molecule has 0 spiro atoms. The van der Waals surface area contributed by atoms with Crippen LogP contribution in [-0.4, -0.2) is 12.0 Å². The van der Waals surface area contributed by atoms with Crippen molar-refractivity contribution < 1.29 is 14.4 Å². The molecule has 21 heavy (non-hydrogen) atoms. The molecular formula is C17H19NO3. The molecule has 0 aliphatic rings. The van der Waals surface area contributed by atoms with E-state index in [0.29, 0.717) is 12.4 Å². The number of hydrogen-bond donors (Lipinski definition) is 1. The second-order valence-corrected chi connectivity index (χ2v) is 4.81. The highest BCUT2D eigenvalue weighted by Gasteiger charge is 2.14. The van der Waals surface area contributed by atoms with E-state index in [-0.39, 0.29) is 5.91 Å². The molecule has 4 nitrogen and oxygen atoms in total. The normalized spacial score (nSPS) is 11.7. The van der Waals surface area contributed by atoms with Gasteiger partial charge in [-0.3, -0.25) is 9.63 Å². The minimum Gasteiger partial charge on any atom is -0.481 e. The van der Waals surface area contributed by atoms with Crippen molar-refractivity contribution in [3.8, 4) is 5.75 Å². The number of nitrogens with one attached hydrogen (secondary N) is 1. The Hall–Kier alpha value is -2.33. The smallest absolute Gasteiger partial charge is 0.284 e. The quantitative estimate of drug-likeness (QED) is 0.830. The van der Waals surface area contributed by atoms with Gasteiger partial charge < -0.3 is 4.74 Å². The summed E-state index contributed by atoms with van der Waals surface area (Å²) in [5, 5.41) is 0. The minimum absolute atomic E-state index is 0.313. The Morgan fingerprint density at radius 2 is 1.76 bits per heavy atom. The number of carbonyl (C=O) groups excluding carboxylic acids is 1. The second kappa shape index (κ2) is 7.45. The first-order valence-electron chi connectivity index (χ1n) is 6.84. The van der Waals surface area contributed by atoms with Crippen LogP contribution in [0.4, 0.5) is 0 Å². The third-order valence-electron chi connectivity index (χ3n) is 2.96. The molecule has 1 atom stereocenters. The molecule has 0 aliphatic carbocycles. The summed E-state index contributed by atoms with van der Waals surface area (Å²) in [6.45, 7) is 4.00. The summed E-state index contributed by atoms with van der Waals surface area (Å²) in [7, 11) is 0. The van der Waals surface area contributed by atoms with Crippen LogP contribution in [0.15, 0.2) is 54.6 Å². The summed E-state index contributed by atoms with van der Waals surface area (Å²) in [4.78, 5) is 17.0. The van der Waals surface area contributed by atoms with Crippen molar-refractivity contribution in [2.24, 2.45) is 0 Å². The number of benzene rings is 2. The van der Waals surface area contributed by atoms with Crippen LogP contribution >= 0.6 is 0 Å². The fourth-order valence-corrected chi connectivity index (χ4v) is 1.72. The highest BCUT2D eigenvalue weighted by Crippen LogP contribution is 2.13. The van der Waals surface area contributed by atoms with Crippen LogP contribution in [0.1, 0.15) is 18.1 Å². The van der Waals surface area contributed by atoms with Crippen molar-refractivity contribution in [1.29, 1.82) is 0 Å². The SMILES string of the molecule is Cc1ccc(OC(C)C(=O)NOCc2ccccc2)cc1. The van der Waals surface area contributed by atoms with Gasteiger partial charge in [0.1, 0.15) is 5.75 Å². The fourth-order valence-electron chi connectivity index (χ4n) is 1.72. The number of carbonyl (C=O) groups is 1. The standard InChI is InChI=1S/C17H19NO3/c1-13-8-10-16(11-9-13)21-14(2)17(19)18-20-12-15-6-4-3-5-7-15/h3-11,14H,12H2,1-2H3,(H,18,19). The fraction of sp³-hybridized carbons (Fsp3) is 0.235. The summed E-state index contributed by atoms with van der Waals surface area (Å²) in [5.74, 6) is 0.345. The average Bonchev–Trinajstić information content (AvgIpc) is 2.50. The van der Waals surface area contributed by atoms with E-state index in [1.165, 1.54) is 0 Å². The predicted octanol–water partition coefficient (Wildman–Crippen LogP) is 3.01. The first-order valence-corrected chi connectivity index (χ1v) is 6.84. The van der Waals surface area contributed by atoms with Crippen molar-refractivity contribution in [3.63, 3.8) is 0 Å². The van der Waals surface area contributed by atoms with Crippen LogP contribution in [0, 0.1) is 6.92 Å². The summed E-state index contributed by atoms with van der Waals surface area (Å²) >= 11 is 0. The molecule has 0 bridgehead atoms. The van der Waals surface area contributed by atoms with E-state index >= 15 is 0 Å². The van der Waals surface area contributed by atoms with Crippen molar-refractivity contribution in [2.75, 3.05) is 0 Å². The second-order valence-electron chi connectivity index (χ2n) is 4.81. The van der Waals surface area contributed by atoms with Gasteiger partial charge in [-0.2, -0.15) is 0 Å². The van der Waals surface area contributed by atoms with Crippen LogP contribution in [0.2, 0.25) is 0 Å². The summed E-state index contributed by atoms with van der Waals surface area (Å²) in [5.41, 5.74) is 4.53. The molecule has 0 heterocycles. The zero-order chi connectivity index (χ0) is 15.1. The summed E-state index contributed by atoms with van der Waals surface area (Å²) < 4.78 is 5.54. The van der Waals surface area contributed by atoms with Gasteiger partial charge in [-0.25, -0.2) is 5.48 Å². The Labute approximate surface area is 124 Å². The Morgan fingerprint density at radius 1 is 1.10 bits per heavy atom. The summed E-state index contributed by atoms with van der Waals surface area (Å²) in [6, 6.07) is 17.2. The Balaban J connectivity index is 1.76. The first kappa shape index (κ1) is 15.1. The zero-order valence-electron chi connectivity index (χ0n) is 12.2. The van der Waals surface area contributed by atoms with Crippen LogP contribution in [0.3, 0.4) is 0 Å². The number of rotatable bonds is 6. The van der Waals surface area contributed by atoms with Crippen LogP contribution in [0.25, 0.3) is 0 Å². The molecule has 1 N–H and O–H groups in total. The van der Waals surface area contributed by atoms with E-state index in [2.05, 4.69) is 5.48 Å². The van der Waals surface area contributed by atoms with Crippen LogP contribution < -0.4 is 10.2 Å². The molecule has 2 aromatic carbocycles. The maximum absolute atomic E-state index is 11.8. The molecule has 0 fully saturated rings. The van der Waals surface area contributed by atoms with Gasteiger partial charge in [-0.05, 0) is 31.5 Å². The largest absolute Gasteiger partial charge is 0.481 e. The number of ether oxygens (including phenoxy) is 1. The maximum Gasteiger partial charge on any atom is 0.284 e. The van der Waals surface area contributed by atoms with E-state index < -0.39 is 6.10 Å². The first-order chi connectivity index (χ1) is 10.1. The third kappa shape index (κ3) is 4.93. The van der Waals surface area contributed by atoms with Gasteiger partial charge in [0, 0.05) is 0 Å². The van der Waals surface area contributed by atoms with Gasteiger partial charge in [0.15, 0.2) is 6.10 Å². The molecule has 4 heteroatoms. The summed E-state index contributed by atoms with van der Waals surface area (Å²) in [6.07, 6.45) is -0.622. The van der Waals surface area contributed by atoms with Crippen molar-refractivity contribution in [3.05, 3.63) is 65.7 Å². The van der Waals surface area contributed by atoms with E-state index in [4.69, 9.17) is 9.57 Å². The van der Waals surface area contributed by atoms with E-state index in [9.17, 15) is 4.79 Å². The Kier molecular flexibility index (Phi) is 5.35. The number of aryl methyl sites for hydroxylation is 1. The Bertz CT molecular complexity index is 566. The highest BCUT2D eigenvalue weighted by atomic mass is 16.7. The molecule has 1 amide bonds. The van der Waals surface area contributed by atoms with E-state index in [1.54, 1.807) is 6.92 Å². The molecular weight excluding hydrogens is 266 g/mol. The Morgan fingerprint density at radius 3 is 2.43 bits per heavy atom. The van der Waals surface area contributed by atoms with Crippen molar-refractivity contribution in [2.45, 2.75) is 26.6 Å². The molecule has 0 radical (unpaired) electrons. The monoisotopic (exact) mass is 285 g/mol. The molecule has 0 aliphatic heterocycles. The van der Waals surface area contributed by atoms with Gasteiger partial charge in [0.2, 0.25) is 0 Å². The lowest BCUT2D eigenvalue weighted by atomic mass is 10.2. The van der Waals surface area contributed by atoms with Crippen LogP contribution in [-0.2, 0) is 16.2 Å². The maximum atomic E-state index is 11.8. The lowest BCUT2D eigenvalue weighted by Crippen LogP contribution is -2.36. The number of hydroxylamine groups is 1. The third-order valence-corrected chi connectivity index (χ3v) is 2.96. The topological polar surface area (TPSA) is 47.6 Å². The zero-order valence-corrected chi connectivity index (χ0v) is 12.2. The number of amides is 1. The van der Waals surface area contributed by atoms with E-state index in [0.717, 1.165) is 11.1 Å². The molecule has 2 rings (SSSR count). The molecule has 0 saturated carbocycles. The lowest BCUT2D eigenvalue weighted by molar-refractivity contribution is -0.141. The average molecular weight is 285 g/mol. The van der Waals surface area contributed by atoms with Gasteiger partial charge in [0.25, 0.3) is 5.91 Å². The minimum atomic E-state index is -0.622. The van der Waals surface area contributed by atoms with Gasteiger partial charge in [-0.15, -0.1) is 0 Å². The van der Waals surface area contributed by atoms with Gasteiger partial charge >= 0.3 is 0 Å². The molecule has 2 aromatic rings. The molecule has 0 saturated heterocycles. The van der Waals surface area contributed by atoms with Gasteiger partial charge in [-0.1, -0.05) is 48.0 Å². The molecule has 0 aromatic heterocycles. The molecule has 1 unspecified atom stereocenters. The highest BCUT2D eigenvalue weighted by molar-refractivity contribution is 5.79. The predicted molar refractivity (Wildman–Crippen MR) is 80.6 cm³/mol. The molecule has 110 valence electrons. The lowest BCUT2D eigenvalue weighted by Gasteiger charge is -2.14. The van der Waals surface area contributed by atoms with Crippen molar-refractivity contribution in [1.82, 2.24) is 5.48 Å². The van der Waals surface area contributed by atoms with Gasteiger partial charge in [0.05, 0.1) is 6.61 Å². The van der Waals surface area contributed by atoms with E-state index in [1.807, 2.05) is 61.5 Å². The van der Waals surface area contributed by atoms with Crippen LogP contribution in [0.5, 0.6) is 5.75 Å².